The Morgan fingerprint density at radius 2 is 1.48 bits per heavy atom. The molecule has 1 aromatic heterocycles. The van der Waals surface area contributed by atoms with Crippen molar-refractivity contribution >= 4 is 10.9 Å². The van der Waals surface area contributed by atoms with Gasteiger partial charge in [0.2, 0.25) is 0 Å². The van der Waals surface area contributed by atoms with Gasteiger partial charge in [-0.2, -0.15) is 0 Å². The first kappa shape index (κ1) is 15.3. The van der Waals surface area contributed by atoms with E-state index in [9.17, 15) is 4.79 Å². The smallest absolute Gasteiger partial charge is 0.266 e. The van der Waals surface area contributed by atoms with E-state index in [1.807, 2.05) is 86.6 Å². The lowest BCUT2D eigenvalue weighted by Crippen LogP contribution is -2.22. The third-order valence-corrected chi connectivity index (χ3v) is 4.44. The van der Waals surface area contributed by atoms with Crippen molar-refractivity contribution in [3.63, 3.8) is 0 Å². The van der Waals surface area contributed by atoms with E-state index < -0.39 is 0 Å². The van der Waals surface area contributed by atoms with Gasteiger partial charge in [-0.05, 0) is 37.6 Å². The number of nitrogens with zero attached hydrogens (tertiary/aromatic N) is 2. The number of aromatic nitrogens is 2. The molecule has 3 nitrogen and oxygen atoms in total. The summed E-state index contributed by atoms with van der Waals surface area (Å²) in [7, 11) is 0. The first-order valence-corrected chi connectivity index (χ1v) is 8.30. The van der Waals surface area contributed by atoms with Gasteiger partial charge >= 0.3 is 0 Å². The first-order chi connectivity index (χ1) is 12.1. The number of benzene rings is 3. The molecule has 0 N–H and O–H groups in total. The first-order valence-electron chi connectivity index (χ1n) is 8.30. The minimum Gasteiger partial charge on any atom is -0.268 e. The van der Waals surface area contributed by atoms with Gasteiger partial charge in [0.1, 0.15) is 5.82 Å². The highest BCUT2D eigenvalue weighted by Crippen LogP contribution is 2.24. The summed E-state index contributed by atoms with van der Waals surface area (Å²) in [4.78, 5) is 18.1. The van der Waals surface area contributed by atoms with Gasteiger partial charge < -0.3 is 0 Å². The Labute approximate surface area is 146 Å². The lowest BCUT2D eigenvalue weighted by atomic mass is 10.1. The van der Waals surface area contributed by atoms with Gasteiger partial charge in [-0.3, -0.25) is 9.36 Å². The highest BCUT2D eigenvalue weighted by Gasteiger charge is 2.15. The number of hydrogen-bond acceptors (Lipinski definition) is 2. The number of para-hydroxylation sites is 2. The van der Waals surface area contributed by atoms with Crippen molar-refractivity contribution in [3.8, 4) is 17.1 Å². The quantitative estimate of drug-likeness (QED) is 0.536. The van der Waals surface area contributed by atoms with E-state index in [0.717, 1.165) is 16.8 Å². The molecule has 4 aromatic rings. The Morgan fingerprint density at radius 3 is 2.24 bits per heavy atom. The van der Waals surface area contributed by atoms with Gasteiger partial charge in [0.25, 0.3) is 5.56 Å². The van der Waals surface area contributed by atoms with Crippen molar-refractivity contribution in [2.75, 3.05) is 0 Å². The molecule has 0 saturated carbocycles. The molecule has 0 saturated heterocycles. The minimum atomic E-state index is -0.0459. The largest absolute Gasteiger partial charge is 0.268 e. The minimum absolute atomic E-state index is 0.0459. The Hall–Kier alpha value is -3.20. The summed E-state index contributed by atoms with van der Waals surface area (Å²) in [5.74, 6) is 0.665. The van der Waals surface area contributed by atoms with E-state index in [1.165, 1.54) is 5.56 Å². The van der Waals surface area contributed by atoms with Crippen molar-refractivity contribution in [3.05, 3.63) is 94.3 Å². The molecule has 0 unspecified atom stereocenters. The lowest BCUT2D eigenvalue weighted by molar-refractivity contribution is 0.965. The molecule has 0 atom stereocenters. The molecule has 1 heterocycles. The molecule has 4 rings (SSSR count). The van der Waals surface area contributed by atoms with E-state index in [2.05, 4.69) is 0 Å². The normalized spacial score (nSPS) is 11.0. The third-order valence-electron chi connectivity index (χ3n) is 4.44. The molecule has 0 bridgehead atoms. The maximum absolute atomic E-state index is 13.3. The Bertz CT molecular complexity index is 1120. The molecule has 3 heteroatoms. The number of rotatable bonds is 2. The van der Waals surface area contributed by atoms with Crippen LogP contribution in [0.3, 0.4) is 0 Å². The summed E-state index contributed by atoms with van der Waals surface area (Å²) in [6, 6.07) is 23.5. The zero-order valence-electron chi connectivity index (χ0n) is 14.2. The second-order valence-corrected chi connectivity index (χ2v) is 6.25. The van der Waals surface area contributed by atoms with E-state index >= 15 is 0 Å². The summed E-state index contributed by atoms with van der Waals surface area (Å²) in [6.07, 6.45) is 0. The van der Waals surface area contributed by atoms with Crippen molar-refractivity contribution in [1.29, 1.82) is 0 Å². The van der Waals surface area contributed by atoms with Crippen LogP contribution in [0.5, 0.6) is 0 Å². The van der Waals surface area contributed by atoms with Gasteiger partial charge in [0.15, 0.2) is 0 Å². The van der Waals surface area contributed by atoms with Crippen LogP contribution in [0.1, 0.15) is 11.1 Å². The maximum atomic E-state index is 13.3. The summed E-state index contributed by atoms with van der Waals surface area (Å²) >= 11 is 0. The monoisotopic (exact) mass is 326 g/mol. The van der Waals surface area contributed by atoms with Gasteiger partial charge in [0, 0.05) is 5.56 Å². The summed E-state index contributed by atoms with van der Waals surface area (Å²) in [5, 5.41) is 0.626. The van der Waals surface area contributed by atoms with Crippen LogP contribution in [0.15, 0.2) is 77.6 Å². The molecular weight excluding hydrogens is 308 g/mol. The van der Waals surface area contributed by atoms with Gasteiger partial charge in [-0.15, -0.1) is 0 Å². The van der Waals surface area contributed by atoms with Gasteiger partial charge in [0.05, 0.1) is 16.6 Å². The zero-order chi connectivity index (χ0) is 17.4. The lowest BCUT2D eigenvalue weighted by Gasteiger charge is -2.15. The average molecular weight is 326 g/mol. The van der Waals surface area contributed by atoms with Crippen LogP contribution in [0, 0.1) is 13.8 Å². The van der Waals surface area contributed by atoms with Crippen molar-refractivity contribution in [2.24, 2.45) is 0 Å². The van der Waals surface area contributed by atoms with E-state index in [0.29, 0.717) is 16.7 Å². The van der Waals surface area contributed by atoms with E-state index in [4.69, 9.17) is 4.98 Å². The Kier molecular flexibility index (Phi) is 3.69. The topological polar surface area (TPSA) is 34.9 Å². The van der Waals surface area contributed by atoms with Crippen LogP contribution >= 0.6 is 0 Å². The second-order valence-electron chi connectivity index (χ2n) is 6.25. The highest BCUT2D eigenvalue weighted by atomic mass is 16.1. The predicted octanol–water partition coefficient (Wildman–Crippen LogP) is 4.67. The van der Waals surface area contributed by atoms with Crippen molar-refractivity contribution in [1.82, 2.24) is 9.55 Å². The molecule has 0 spiro atoms. The SMILES string of the molecule is Cc1ccc(-c2nc3ccccc3c(=O)n2-c2ccccc2C)cc1. The number of aryl methyl sites for hydroxylation is 2. The summed E-state index contributed by atoms with van der Waals surface area (Å²) < 4.78 is 1.72. The third kappa shape index (κ3) is 2.64. The molecule has 0 fully saturated rings. The highest BCUT2D eigenvalue weighted by molar-refractivity contribution is 5.80. The molecule has 122 valence electrons. The van der Waals surface area contributed by atoms with Gasteiger partial charge in [-0.1, -0.05) is 60.2 Å². The molecule has 0 amide bonds. The van der Waals surface area contributed by atoms with Crippen LogP contribution in [-0.4, -0.2) is 9.55 Å². The molecule has 0 radical (unpaired) electrons. The fourth-order valence-corrected chi connectivity index (χ4v) is 3.07. The Morgan fingerprint density at radius 1 is 0.800 bits per heavy atom. The fraction of sp³-hybridized carbons (Fsp3) is 0.0909. The summed E-state index contributed by atoms with van der Waals surface area (Å²) in [5.41, 5.74) is 4.67. The van der Waals surface area contributed by atoms with Crippen molar-refractivity contribution < 1.29 is 0 Å². The van der Waals surface area contributed by atoms with Crippen LogP contribution < -0.4 is 5.56 Å². The Balaban J connectivity index is 2.13. The van der Waals surface area contributed by atoms with Gasteiger partial charge in [-0.25, -0.2) is 4.98 Å². The second kappa shape index (κ2) is 6.02. The van der Waals surface area contributed by atoms with E-state index in [1.54, 1.807) is 4.57 Å². The molecule has 25 heavy (non-hydrogen) atoms. The van der Waals surface area contributed by atoms with Crippen LogP contribution in [0.2, 0.25) is 0 Å². The molecule has 0 aliphatic heterocycles. The standard InChI is InChI=1S/C22H18N2O/c1-15-11-13-17(14-12-15)21-23-19-9-5-4-8-18(19)22(25)24(21)20-10-6-3-7-16(20)2/h3-14H,1-2H3. The zero-order valence-corrected chi connectivity index (χ0v) is 14.2. The van der Waals surface area contributed by atoms with Crippen LogP contribution in [-0.2, 0) is 0 Å². The predicted molar refractivity (Wildman–Crippen MR) is 102 cm³/mol. The van der Waals surface area contributed by atoms with Crippen LogP contribution in [0.4, 0.5) is 0 Å². The number of hydrogen-bond donors (Lipinski definition) is 0. The fourth-order valence-electron chi connectivity index (χ4n) is 3.07. The maximum Gasteiger partial charge on any atom is 0.266 e. The molecular formula is C22H18N2O. The van der Waals surface area contributed by atoms with Crippen molar-refractivity contribution in [2.45, 2.75) is 13.8 Å². The van der Waals surface area contributed by atoms with E-state index in [-0.39, 0.29) is 5.56 Å². The molecule has 3 aromatic carbocycles. The van der Waals surface area contributed by atoms with Crippen LogP contribution in [0.25, 0.3) is 28.0 Å². The molecule has 0 aliphatic carbocycles. The molecule has 0 aliphatic rings. The average Bonchev–Trinajstić information content (AvgIpc) is 2.63. The number of fused-ring (bicyclic) bond motifs is 1. The summed E-state index contributed by atoms with van der Waals surface area (Å²) in [6.45, 7) is 4.06.